The molecule has 0 amide bonds. The number of anilines is 1. The number of nitrogens with one attached hydrogen (secondary N) is 1. The fourth-order valence-electron chi connectivity index (χ4n) is 4.42. The first-order chi connectivity index (χ1) is 19.4. The third-order valence-corrected chi connectivity index (χ3v) is 6.49. The van der Waals surface area contributed by atoms with Crippen molar-refractivity contribution in [2.75, 3.05) is 26.2 Å². The standard InChI is InChI=1S/C28H33F4N3O6/c1-16(14-35(15-33)20-8-10-21(11-9-20)40-28(30,31)32)22-13-19(7-12-23(22)29)17(2)34-41-27-26(38-6)25(37-5)24(36-4)18(3)39-27/h7-15,18,24-27,33H,1-6H3/b16-14+,33-15?,34-17+/t18-,24-,25+,26+,27-/m0/s1. The number of hydrogen-bond acceptors (Lipinski definition) is 8. The maximum Gasteiger partial charge on any atom is 0.573 e. The zero-order valence-corrected chi connectivity index (χ0v) is 23.4. The molecule has 0 saturated carbocycles. The second kappa shape index (κ2) is 13.9. The van der Waals surface area contributed by atoms with Crippen molar-refractivity contribution in [2.45, 2.75) is 57.8 Å². The van der Waals surface area contributed by atoms with Gasteiger partial charge in [0.15, 0.2) is 6.10 Å². The topological polar surface area (TPSA) is 94.8 Å². The number of nitrogens with zero attached hydrogens (tertiary/aromatic N) is 2. The van der Waals surface area contributed by atoms with E-state index in [4.69, 9.17) is 29.2 Å². The Kier molecular flexibility index (Phi) is 10.8. The van der Waals surface area contributed by atoms with Crippen molar-refractivity contribution in [3.05, 3.63) is 65.6 Å². The lowest BCUT2D eigenvalue weighted by atomic mass is 9.99. The summed E-state index contributed by atoms with van der Waals surface area (Å²) in [5, 5.41) is 11.9. The first-order valence-electron chi connectivity index (χ1n) is 12.5. The molecule has 1 heterocycles. The highest BCUT2D eigenvalue weighted by molar-refractivity contribution is 5.99. The number of oxime groups is 1. The molecule has 1 N–H and O–H groups in total. The molecular formula is C28H33F4N3O6. The summed E-state index contributed by atoms with van der Waals surface area (Å²) < 4.78 is 78.6. The lowest BCUT2D eigenvalue weighted by molar-refractivity contribution is -0.305. The minimum absolute atomic E-state index is 0.223. The quantitative estimate of drug-likeness (QED) is 0.156. The van der Waals surface area contributed by atoms with Gasteiger partial charge in [0.05, 0.1) is 18.2 Å². The number of benzene rings is 2. The van der Waals surface area contributed by atoms with Crippen LogP contribution in [0.1, 0.15) is 31.9 Å². The van der Waals surface area contributed by atoms with E-state index in [0.717, 1.165) is 18.5 Å². The summed E-state index contributed by atoms with van der Waals surface area (Å²) in [5.74, 6) is -0.920. The Hall–Kier alpha value is -3.52. The molecule has 2 aromatic carbocycles. The second-order valence-corrected chi connectivity index (χ2v) is 9.18. The Bertz CT molecular complexity index is 1240. The molecular weight excluding hydrogens is 550 g/mol. The van der Waals surface area contributed by atoms with E-state index in [1.165, 1.54) is 36.4 Å². The van der Waals surface area contributed by atoms with Crippen LogP contribution in [0, 0.1) is 11.2 Å². The molecule has 0 spiro atoms. The summed E-state index contributed by atoms with van der Waals surface area (Å²) in [6.45, 7) is 5.15. The van der Waals surface area contributed by atoms with Crippen LogP contribution in [0.5, 0.6) is 5.75 Å². The van der Waals surface area contributed by atoms with Crippen molar-refractivity contribution >= 4 is 23.3 Å². The number of hydrogen-bond donors (Lipinski definition) is 1. The highest BCUT2D eigenvalue weighted by Crippen LogP contribution is 2.29. The molecule has 41 heavy (non-hydrogen) atoms. The Labute approximate surface area is 235 Å². The Morgan fingerprint density at radius 3 is 2.17 bits per heavy atom. The molecule has 0 bridgehead atoms. The van der Waals surface area contributed by atoms with E-state index < -0.39 is 36.4 Å². The smallest absolute Gasteiger partial charge is 0.406 e. The molecule has 0 radical (unpaired) electrons. The van der Waals surface area contributed by atoms with Crippen LogP contribution < -0.4 is 9.64 Å². The fourth-order valence-corrected chi connectivity index (χ4v) is 4.42. The zero-order chi connectivity index (χ0) is 30.3. The first kappa shape index (κ1) is 32.0. The van der Waals surface area contributed by atoms with Gasteiger partial charge in [-0.1, -0.05) is 11.2 Å². The van der Waals surface area contributed by atoms with Crippen LogP contribution >= 0.6 is 0 Å². The van der Waals surface area contributed by atoms with Crippen molar-refractivity contribution in [3.63, 3.8) is 0 Å². The minimum Gasteiger partial charge on any atom is -0.406 e. The second-order valence-electron chi connectivity index (χ2n) is 9.18. The van der Waals surface area contributed by atoms with Crippen molar-refractivity contribution < 1.29 is 46.1 Å². The number of methoxy groups -OCH3 is 3. The maximum absolute atomic E-state index is 14.8. The molecule has 13 heteroatoms. The van der Waals surface area contributed by atoms with Gasteiger partial charge < -0.3 is 33.4 Å². The predicted octanol–water partition coefficient (Wildman–Crippen LogP) is 5.73. The van der Waals surface area contributed by atoms with E-state index in [1.807, 2.05) is 6.92 Å². The average Bonchev–Trinajstić information content (AvgIpc) is 2.93. The first-order valence-corrected chi connectivity index (χ1v) is 12.5. The highest BCUT2D eigenvalue weighted by Gasteiger charge is 2.47. The third kappa shape index (κ3) is 8.03. The molecule has 1 saturated heterocycles. The largest absolute Gasteiger partial charge is 0.573 e. The summed E-state index contributed by atoms with van der Waals surface area (Å²) in [6.07, 6.45) is -5.13. The zero-order valence-electron chi connectivity index (χ0n) is 23.4. The third-order valence-electron chi connectivity index (χ3n) is 6.49. The number of allylic oxidation sites excluding steroid dienone is 1. The number of ether oxygens (including phenoxy) is 5. The molecule has 1 aliphatic rings. The van der Waals surface area contributed by atoms with Gasteiger partial charge in [-0.05, 0) is 68.3 Å². The van der Waals surface area contributed by atoms with E-state index in [9.17, 15) is 17.6 Å². The molecule has 1 aliphatic heterocycles. The van der Waals surface area contributed by atoms with E-state index in [0.29, 0.717) is 22.5 Å². The predicted molar refractivity (Wildman–Crippen MR) is 144 cm³/mol. The Balaban J connectivity index is 1.80. The SMILES string of the molecule is CO[C@@H]1[C@@H](OC)[C@H](C)O[C@@H](O/N=C(\C)c2ccc(F)c(/C(C)=C/N(C=N)c3ccc(OC(F)(F)F)cc3)c2)[C@@H]1OC. The summed E-state index contributed by atoms with van der Waals surface area (Å²) in [5.41, 5.74) is 2.02. The molecule has 224 valence electrons. The van der Waals surface area contributed by atoms with Crippen LogP contribution in [-0.2, 0) is 23.8 Å². The number of alkyl halides is 3. The van der Waals surface area contributed by atoms with Gasteiger partial charge >= 0.3 is 6.36 Å². The monoisotopic (exact) mass is 583 g/mol. The van der Waals surface area contributed by atoms with Crippen LogP contribution in [-0.4, -0.2) is 70.4 Å². The van der Waals surface area contributed by atoms with Crippen LogP contribution in [0.4, 0.5) is 23.2 Å². The van der Waals surface area contributed by atoms with E-state index in [2.05, 4.69) is 9.89 Å². The van der Waals surface area contributed by atoms with Crippen molar-refractivity contribution in [3.8, 4) is 5.75 Å². The van der Waals surface area contributed by atoms with Gasteiger partial charge in [-0.2, -0.15) is 0 Å². The summed E-state index contributed by atoms with van der Waals surface area (Å²) in [4.78, 5) is 7.01. The van der Waals surface area contributed by atoms with Gasteiger partial charge in [-0.15, -0.1) is 13.2 Å². The van der Waals surface area contributed by atoms with E-state index >= 15 is 0 Å². The molecule has 3 rings (SSSR count). The lowest BCUT2D eigenvalue weighted by Gasteiger charge is -2.42. The molecule has 0 aliphatic carbocycles. The molecule has 2 aromatic rings. The summed E-state index contributed by atoms with van der Waals surface area (Å²) in [6, 6.07) is 9.34. The molecule has 5 atom stereocenters. The number of halogens is 4. The number of rotatable bonds is 11. The van der Waals surface area contributed by atoms with E-state index in [-0.39, 0.29) is 17.8 Å². The van der Waals surface area contributed by atoms with Crippen molar-refractivity contribution in [2.24, 2.45) is 5.16 Å². The average molecular weight is 584 g/mol. The minimum atomic E-state index is -4.82. The van der Waals surface area contributed by atoms with Crippen LogP contribution in [0.25, 0.3) is 5.57 Å². The van der Waals surface area contributed by atoms with Gasteiger partial charge in [0.1, 0.15) is 23.8 Å². The van der Waals surface area contributed by atoms with Gasteiger partial charge in [0, 0.05) is 38.8 Å². The highest BCUT2D eigenvalue weighted by atomic mass is 19.4. The Morgan fingerprint density at radius 1 is 0.976 bits per heavy atom. The van der Waals surface area contributed by atoms with Gasteiger partial charge in [0.25, 0.3) is 6.29 Å². The van der Waals surface area contributed by atoms with Crippen molar-refractivity contribution in [1.82, 2.24) is 0 Å². The van der Waals surface area contributed by atoms with Crippen LogP contribution in [0.2, 0.25) is 0 Å². The molecule has 9 nitrogen and oxygen atoms in total. The van der Waals surface area contributed by atoms with Crippen LogP contribution in [0.15, 0.2) is 53.8 Å². The lowest BCUT2D eigenvalue weighted by Crippen LogP contribution is -2.59. The summed E-state index contributed by atoms with van der Waals surface area (Å²) in [7, 11) is 4.60. The van der Waals surface area contributed by atoms with Crippen LogP contribution in [0.3, 0.4) is 0 Å². The van der Waals surface area contributed by atoms with E-state index in [1.54, 1.807) is 40.2 Å². The Morgan fingerprint density at radius 2 is 1.61 bits per heavy atom. The van der Waals surface area contributed by atoms with Crippen molar-refractivity contribution in [1.29, 1.82) is 5.41 Å². The molecule has 0 unspecified atom stereocenters. The fraction of sp³-hybridized carbons (Fsp3) is 0.429. The molecule has 1 fully saturated rings. The molecule has 0 aromatic heterocycles. The maximum atomic E-state index is 14.8. The summed E-state index contributed by atoms with van der Waals surface area (Å²) >= 11 is 0. The van der Waals surface area contributed by atoms with Gasteiger partial charge in [0.2, 0.25) is 0 Å². The van der Waals surface area contributed by atoms with Gasteiger partial charge in [-0.25, -0.2) is 4.39 Å². The van der Waals surface area contributed by atoms with Gasteiger partial charge in [-0.3, -0.25) is 5.41 Å². The normalized spacial score (nSPS) is 23.7.